The maximum Gasteiger partial charge on any atom is 0.137 e. The normalized spacial score (nSPS) is 26.0. The first-order valence-electron chi connectivity index (χ1n) is 8.51. The molecule has 22 heavy (non-hydrogen) atoms. The predicted molar refractivity (Wildman–Crippen MR) is 90.4 cm³/mol. The molecule has 0 saturated heterocycles. The molecular formula is C21H24N+. The quantitative estimate of drug-likeness (QED) is 0.811. The molecular weight excluding hydrogens is 266 g/mol. The molecule has 112 valence electrons. The van der Waals surface area contributed by atoms with Crippen LogP contribution in [0.3, 0.4) is 0 Å². The van der Waals surface area contributed by atoms with E-state index in [4.69, 9.17) is 0 Å². The molecule has 2 aromatic carbocycles. The molecule has 0 aliphatic heterocycles. The van der Waals surface area contributed by atoms with Crippen LogP contribution in [0, 0.1) is 17.8 Å². The van der Waals surface area contributed by atoms with Gasteiger partial charge in [0.05, 0.1) is 6.54 Å². The Hall–Kier alpha value is -1.86. The average molecular weight is 290 g/mol. The van der Waals surface area contributed by atoms with Crippen LogP contribution in [0.4, 0.5) is 0 Å². The lowest BCUT2D eigenvalue weighted by Gasteiger charge is -2.22. The highest BCUT2D eigenvalue weighted by Gasteiger charge is 2.37. The van der Waals surface area contributed by atoms with E-state index in [2.05, 4.69) is 78.1 Å². The third-order valence-corrected chi connectivity index (χ3v) is 5.41. The van der Waals surface area contributed by atoms with E-state index < -0.39 is 0 Å². The summed E-state index contributed by atoms with van der Waals surface area (Å²) in [5, 5.41) is 2.56. The standard InChI is InChI=1S/C21H23N/c1-3-7-17(8-4-1)21(18-9-5-2-6-10-18)22-15-20-14-16-11-12-19(20)13-16/h1-12,16,19-22H,13-15H2/p+1/t16-,19-,20-/m0/s1. The zero-order valence-electron chi connectivity index (χ0n) is 12.9. The Balaban J connectivity index is 1.52. The monoisotopic (exact) mass is 290 g/mol. The van der Waals surface area contributed by atoms with Gasteiger partial charge < -0.3 is 5.32 Å². The van der Waals surface area contributed by atoms with E-state index in [1.807, 2.05) is 0 Å². The fraction of sp³-hybridized carbons (Fsp3) is 0.333. The second kappa shape index (κ2) is 6.10. The Bertz CT molecular complexity index is 592. The molecule has 0 aromatic heterocycles. The van der Waals surface area contributed by atoms with Crippen molar-refractivity contribution in [2.75, 3.05) is 6.54 Å². The molecule has 2 aliphatic carbocycles. The van der Waals surface area contributed by atoms with Crippen molar-refractivity contribution < 1.29 is 5.32 Å². The van der Waals surface area contributed by atoms with Crippen molar-refractivity contribution in [1.82, 2.24) is 0 Å². The average Bonchev–Trinajstić information content (AvgIpc) is 3.20. The molecule has 1 heteroatoms. The van der Waals surface area contributed by atoms with E-state index in [-0.39, 0.29) is 0 Å². The second-order valence-corrected chi connectivity index (χ2v) is 6.81. The van der Waals surface area contributed by atoms with Gasteiger partial charge >= 0.3 is 0 Å². The molecule has 3 atom stereocenters. The van der Waals surface area contributed by atoms with E-state index in [0.717, 1.165) is 17.8 Å². The summed E-state index contributed by atoms with van der Waals surface area (Å²) in [5.74, 6) is 2.58. The van der Waals surface area contributed by atoms with Crippen LogP contribution in [0.25, 0.3) is 0 Å². The topological polar surface area (TPSA) is 16.6 Å². The third kappa shape index (κ3) is 2.74. The number of hydrogen-bond donors (Lipinski definition) is 1. The van der Waals surface area contributed by atoms with Gasteiger partial charge in [-0.15, -0.1) is 0 Å². The van der Waals surface area contributed by atoms with Crippen molar-refractivity contribution in [2.45, 2.75) is 18.9 Å². The predicted octanol–water partition coefficient (Wildman–Crippen LogP) is 3.55. The van der Waals surface area contributed by atoms with E-state index in [9.17, 15) is 0 Å². The first-order chi connectivity index (χ1) is 10.9. The number of allylic oxidation sites excluding steroid dienone is 2. The summed E-state index contributed by atoms with van der Waals surface area (Å²) >= 11 is 0. The van der Waals surface area contributed by atoms with Gasteiger partial charge in [-0.3, -0.25) is 0 Å². The SMILES string of the molecule is C1=C[C@H]2C[C@H]1C[C@H]2C[NH2+]C(c1ccccc1)c1ccccc1. The Labute approximate surface area is 133 Å². The number of hydrogen-bond acceptors (Lipinski definition) is 0. The second-order valence-electron chi connectivity index (χ2n) is 6.81. The molecule has 1 saturated carbocycles. The van der Waals surface area contributed by atoms with Crippen LogP contribution in [0.1, 0.15) is 30.0 Å². The van der Waals surface area contributed by atoms with Gasteiger partial charge in [-0.2, -0.15) is 0 Å². The van der Waals surface area contributed by atoms with Crippen molar-refractivity contribution in [3.63, 3.8) is 0 Å². The van der Waals surface area contributed by atoms with Crippen molar-refractivity contribution in [2.24, 2.45) is 17.8 Å². The largest absolute Gasteiger partial charge is 0.336 e. The summed E-state index contributed by atoms with van der Waals surface area (Å²) in [6.45, 7) is 1.24. The molecule has 1 nitrogen and oxygen atoms in total. The van der Waals surface area contributed by atoms with Crippen LogP contribution in [0.2, 0.25) is 0 Å². The first-order valence-corrected chi connectivity index (χ1v) is 8.51. The molecule has 1 fully saturated rings. The van der Waals surface area contributed by atoms with Gasteiger partial charge in [0.1, 0.15) is 6.04 Å². The van der Waals surface area contributed by atoms with E-state index in [0.29, 0.717) is 6.04 Å². The highest BCUT2D eigenvalue weighted by Crippen LogP contribution is 2.42. The van der Waals surface area contributed by atoms with Gasteiger partial charge in [0.15, 0.2) is 0 Å². The summed E-state index contributed by atoms with van der Waals surface area (Å²) in [4.78, 5) is 0. The van der Waals surface area contributed by atoms with Gasteiger partial charge in [0.25, 0.3) is 0 Å². The number of benzene rings is 2. The fourth-order valence-electron chi connectivity index (χ4n) is 4.26. The summed E-state index contributed by atoms with van der Waals surface area (Å²) in [6, 6.07) is 22.3. The zero-order chi connectivity index (χ0) is 14.8. The van der Waals surface area contributed by atoms with E-state index >= 15 is 0 Å². The van der Waals surface area contributed by atoms with Crippen LogP contribution in [-0.4, -0.2) is 6.54 Å². The smallest absolute Gasteiger partial charge is 0.137 e. The Morgan fingerprint density at radius 2 is 1.45 bits per heavy atom. The molecule has 0 heterocycles. The Morgan fingerprint density at radius 3 is 1.95 bits per heavy atom. The molecule has 2 bridgehead atoms. The lowest BCUT2D eigenvalue weighted by Crippen LogP contribution is -2.87. The molecule has 0 unspecified atom stereocenters. The summed E-state index contributed by atoms with van der Waals surface area (Å²) in [7, 11) is 0. The lowest BCUT2D eigenvalue weighted by atomic mass is 9.92. The van der Waals surface area contributed by atoms with Crippen LogP contribution in [0.5, 0.6) is 0 Å². The molecule has 0 spiro atoms. The van der Waals surface area contributed by atoms with Crippen molar-refractivity contribution in [3.05, 3.63) is 83.9 Å². The van der Waals surface area contributed by atoms with Crippen LogP contribution < -0.4 is 5.32 Å². The van der Waals surface area contributed by atoms with Gasteiger partial charge in [0, 0.05) is 17.0 Å². The molecule has 4 rings (SSSR count). The number of rotatable bonds is 5. The number of fused-ring (bicyclic) bond motifs is 2. The Kier molecular flexibility index (Phi) is 3.82. The van der Waals surface area contributed by atoms with Gasteiger partial charge in [-0.1, -0.05) is 72.8 Å². The maximum atomic E-state index is 2.56. The van der Waals surface area contributed by atoms with Gasteiger partial charge in [-0.05, 0) is 24.7 Å². The number of nitrogens with two attached hydrogens (primary N) is 1. The van der Waals surface area contributed by atoms with Crippen molar-refractivity contribution >= 4 is 0 Å². The van der Waals surface area contributed by atoms with Crippen molar-refractivity contribution in [3.8, 4) is 0 Å². The minimum atomic E-state index is 0.422. The first kappa shape index (κ1) is 13.8. The molecule has 0 radical (unpaired) electrons. The molecule has 2 aromatic rings. The van der Waals surface area contributed by atoms with E-state index in [1.54, 1.807) is 0 Å². The van der Waals surface area contributed by atoms with Crippen LogP contribution in [0.15, 0.2) is 72.8 Å². The molecule has 2 N–H and O–H groups in total. The van der Waals surface area contributed by atoms with E-state index in [1.165, 1.54) is 30.5 Å². The molecule has 2 aliphatic rings. The highest BCUT2D eigenvalue weighted by atomic mass is 14.9. The summed E-state index contributed by atoms with van der Waals surface area (Å²) in [6.07, 6.45) is 7.70. The minimum absolute atomic E-state index is 0.422. The molecule has 0 amide bonds. The maximum absolute atomic E-state index is 2.56. The number of quaternary nitrogens is 1. The van der Waals surface area contributed by atoms with Gasteiger partial charge in [-0.25, -0.2) is 0 Å². The van der Waals surface area contributed by atoms with Crippen LogP contribution in [-0.2, 0) is 0 Å². The minimum Gasteiger partial charge on any atom is -0.336 e. The third-order valence-electron chi connectivity index (χ3n) is 5.41. The summed E-state index contributed by atoms with van der Waals surface area (Å²) < 4.78 is 0. The lowest BCUT2D eigenvalue weighted by molar-refractivity contribution is -0.692. The van der Waals surface area contributed by atoms with Gasteiger partial charge in [0.2, 0.25) is 0 Å². The zero-order valence-corrected chi connectivity index (χ0v) is 12.9. The summed E-state index contributed by atoms with van der Waals surface area (Å²) in [5.41, 5.74) is 2.82. The fourth-order valence-corrected chi connectivity index (χ4v) is 4.26. The highest BCUT2D eigenvalue weighted by molar-refractivity contribution is 5.29. The Morgan fingerprint density at radius 1 is 0.818 bits per heavy atom. The van der Waals surface area contributed by atoms with Crippen molar-refractivity contribution in [1.29, 1.82) is 0 Å². The van der Waals surface area contributed by atoms with Crippen LogP contribution >= 0.6 is 0 Å².